The van der Waals surface area contributed by atoms with Crippen LogP contribution in [0.2, 0.25) is 0 Å². The average molecular weight is 487 g/mol. The van der Waals surface area contributed by atoms with E-state index in [9.17, 15) is 14.0 Å². The van der Waals surface area contributed by atoms with Crippen LogP contribution in [0.3, 0.4) is 0 Å². The lowest BCUT2D eigenvalue weighted by Gasteiger charge is -2.43. The van der Waals surface area contributed by atoms with Crippen molar-refractivity contribution >= 4 is 17.5 Å². The molecule has 0 fully saturated rings. The fraction of sp³-hybridized carbons (Fsp3) is 0.250. The van der Waals surface area contributed by atoms with Gasteiger partial charge in [-0.15, -0.1) is 0 Å². The minimum Gasteiger partial charge on any atom is -0.463 e. The van der Waals surface area contributed by atoms with Crippen molar-refractivity contribution in [3.8, 4) is 11.5 Å². The molecule has 0 bridgehead atoms. The van der Waals surface area contributed by atoms with Crippen LogP contribution in [0.25, 0.3) is 11.5 Å². The predicted octanol–water partition coefficient (Wildman–Crippen LogP) is 5.14. The van der Waals surface area contributed by atoms with Gasteiger partial charge in [-0.25, -0.2) is 4.39 Å². The van der Waals surface area contributed by atoms with E-state index < -0.39 is 5.54 Å². The van der Waals surface area contributed by atoms with E-state index in [4.69, 9.17) is 4.42 Å². The van der Waals surface area contributed by atoms with Gasteiger partial charge < -0.3 is 9.73 Å². The molecule has 0 saturated carbocycles. The lowest BCUT2D eigenvalue weighted by Crippen LogP contribution is -2.64. The summed E-state index contributed by atoms with van der Waals surface area (Å²) in [5.74, 6) is -0.139. The van der Waals surface area contributed by atoms with Gasteiger partial charge in [0.15, 0.2) is 5.76 Å². The van der Waals surface area contributed by atoms with Gasteiger partial charge in [0.2, 0.25) is 5.91 Å². The second-order valence-electron chi connectivity index (χ2n) is 9.52. The van der Waals surface area contributed by atoms with Crippen LogP contribution in [0.4, 0.5) is 10.1 Å². The van der Waals surface area contributed by atoms with Crippen molar-refractivity contribution in [2.75, 3.05) is 4.90 Å². The summed E-state index contributed by atoms with van der Waals surface area (Å²) in [6.45, 7) is 6.28. The first kappa shape index (κ1) is 23.5. The maximum absolute atomic E-state index is 13.9. The maximum Gasteiger partial charge on any atom is 0.277 e. The third kappa shape index (κ3) is 4.19. The SMILES string of the molecule is CC(C)c1ccc(N2C(=O)c3cc(-c4ccco4)nn3CC2(C)C(=O)NCc2ccc(F)cc2)cc1. The minimum atomic E-state index is -1.27. The molecule has 3 heterocycles. The number of anilines is 1. The molecule has 0 spiro atoms. The highest BCUT2D eigenvalue weighted by atomic mass is 19.1. The van der Waals surface area contributed by atoms with Gasteiger partial charge in [0.25, 0.3) is 5.91 Å². The number of nitrogens with zero attached hydrogens (tertiary/aromatic N) is 3. The van der Waals surface area contributed by atoms with Crippen molar-refractivity contribution in [3.63, 3.8) is 0 Å². The summed E-state index contributed by atoms with van der Waals surface area (Å²) in [6, 6.07) is 18.9. The van der Waals surface area contributed by atoms with Crippen molar-refractivity contribution in [2.24, 2.45) is 0 Å². The van der Waals surface area contributed by atoms with Crippen molar-refractivity contribution in [1.82, 2.24) is 15.1 Å². The number of amides is 2. The summed E-state index contributed by atoms with van der Waals surface area (Å²) in [5.41, 5.74) is 2.14. The number of aromatic nitrogens is 2. The Hall–Kier alpha value is -4.20. The molecule has 184 valence electrons. The van der Waals surface area contributed by atoms with Crippen LogP contribution in [0.1, 0.15) is 48.3 Å². The largest absolute Gasteiger partial charge is 0.463 e. The molecular weight excluding hydrogens is 459 g/mol. The molecule has 2 aromatic carbocycles. The monoisotopic (exact) mass is 486 g/mol. The van der Waals surface area contributed by atoms with E-state index in [0.29, 0.717) is 28.8 Å². The van der Waals surface area contributed by atoms with Crippen LogP contribution >= 0.6 is 0 Å². The van der Waals surface area contributed by atoms with Crippen molar-refractivity contribution in [1.29, 1.82) is 0 Å². The van der Waals surface area contributed by atoms with E-state index in [1.807, 2.05) is 24.3 Å². The Morgan fingerprint density at radius 2 is 1.86 bits per heavy atom. The Labute approximate surface area is 208 Å². The summed E-state index contributed by atoms with van der Waals surface area (Å²) >= 11 is 0. The van der Waals surface area contributed by atoms with Gasteiger partial charge >= 0.3 is 0 Å². The van der Waals surface area contributed by atoms with Crippen LogP contribution < -0.4 is 10.2 Å². The van der Waals surface area contributed by atoms with E-state index >= 15 is 0 Å². The van der Waals surface area contributed by atoms with Gasteiger partial charge in [-0.05, 0) is 60.4 Å². The number of carbonyl (C=O) groups is 2. The van der Waals surface area contributed by atoms with E-state index in [2.05, 4.69) is 24.3 Å². The van der Waals surface area contributed by atoms with E-state index in [0.717, 1.165) is 11.1 Å². The Morgan fingerprint density at radius 3 is 2.50 bits per heavy atom. The number of nitrogens with one attached hydrogen (secondary N) is 1. The molecule has 2 amide bonds. The molecule has 2 aromatic heterocycles. The topological polar surface area (TPSA) is 80.4 Å². The van der Waals surface area contributed by atoms with E-state index in [1.165, 1.54) is 12.1 Å². The second-order valence-corrected chi connectivity index (χ2v) is 9.52. The van der Waals surface area contributed by atoms with Gasteiger partial charge in [-0.1, -0.05) is 38.1 Å². The summed E-state index contributed by atoms with van der Waals surface area (Å²) in [6.07, 6.45) is 1.55. The molecule has 7 nitrogen and oxygen atoms in total. The summed E-state index contributed by atoms with van der Waals surface area (Å²) in [7, 11) is 0. The molecular formula is C28H27FN4O3. The van der Waals surface area contributed by atoms with Crippen LogP contribution in [0.5, 0.6) is 0 Å². The van der Waals surface area contributed by atoms with E-state index in [-0.39, 0.29) is 30.7 Å². The van der Waals surface area contributed by atoms with Gasteiger partial charge in [-0.3, -0.25) is 19.2 Å². The minimum absolute atomic E-state index is 0.149. The third-order valence-electron chi connectivity index (χ3n) is 6.60. The highest BCUT2D eigenvalue weighted by molar-refractivity contribution is 6.12. The van der Waals surface area contributed by atoms with Crippen LogP contribution in [-0.4, -0.2) is 27.1 Å². The van der Waals surface area contributed by atoms with Gasteiger partial charge in [0.05, 0.1) is 12.8 Å². The Balaban J connectivity index is 1.52. The lowest BCUT2D eigenvalue weighted by atomic mass is 9.93. The zero-order chi connectivity index (χ0) is 25.4. The van der Waals surface area contributed by atoms with Crippen molar-refractivity contribution in [2.45, 2.75) is 45.3 Å². The number of fused-ring (bicyclic) bond motifs is 1. The molecule has 1 N–H and O–H groups in total. The molecule has 5 rings (SSSR count). The smallest absolute Gasteiger partial charge is 0.277 e. The third-order valence-corrected chi connectivity index (χ3v) is 6.60. The quantitative estimate of drug-likeness (QED) is 0.409. The molecule has 1 aliphatic rings. The summed E-state index contributed by atoms with van der Waals surface area (Å²) in [5, 5.41) is 7.50. The first-order valence-corrected chi connectivity index (χ1v) is 11.9. The molecule has 1 unspecified atom stereocenters. The summed E-state index contributed by atoms with van der Waals surface area (Å²) in [4.78, 5) is 29.1. The number of furan rings is 1. The normalized spacial score (nSPS) is 17.4. The zero-order valence-electron chi connectivity index (χ0n) is 20.4. The van der Waals surface area contributed by atoms with Gasteiger partial charge in [0.1, 0.15) is 22.7 Å². The molecule has 1 aliphatic heterocycles. The first-order valence-electron chi connectivity index (χ1n) is 11.9. The number of rotatable bonds is 6. The fourth-order valence-electron chi connectivity index (χ4n) is 4.51. The number of carbonyl (C=O) groups excluding carboxylic acids is 2. The molecule has 8 heteroatoms. The number of hydrogen-bond acceptors (Lipinski definition) is 4. The molecule has 0 radical (unpaired) electrons. The van der Waals surface area contributed by atoms with Crippen LogP contribution in [0, 0.1) is 5.82 Å². The van der Waals surface area contributed by atoms with Gasteiger partial charge in [-0.2, -0.15) is 5.10 Å². The summed E-state index contributed by atoms with van der Waals surface area (Å²) < 4.78 is 20.3. The van der Waals surface area contributed by atoms with E-state index in [1.54, 1.807) is 53.1 Å². The molecule has 4 aromatic rings. The zero-order valence-corrected chi connectivity index (χ0v) is 20.4. The Morgan fingerprint density at radius 1 is 1.14 bits per heavy atom. The van der Waals surface area contributed by atoms with Crippen LogP contribution in [-0.2, 0) is 17.9 Å². The first-order chi connectivity index (χ1) is 17.3. The molecule has 0 aliphatic carbocycles. The van der Waals surface area contributed by atoms with Crippen molar-refractivity contribution in [3.05, 3.63) is 95.6 Å². The highest BCUT2D eigenvalue weighted by Gasteiger charge is 2.49. The standard InChI is InChI=1S/C28H27FN4O3/c1-18(2)20-8-12-22(13-9-20)33-26(34)24-15-23(25-5-4-14-36-25)31-32(24)17-28(33,3)27(35)30-16-19-6-10-21(29)11-7-19/h4-15,18H,16-17H2,1-3H3,(H,30,35). The fourth-order valence-corrected chi connectivity index (χ4v) is 4.51. The van der Waals surface area contributed by atoms with Crippen molar-refractivity contribution < 1.29 is 18.4 Å². The second kappa shape index (κ2) is 9.11. The Kier molecular flexibility index (Phi) is 5.96. The number of halogens is 1. The number of hydrogen-bond donors (Lipinski definition) is 1. The average Bonchev–Trinajstić information content (AvgIpc) is 3.54. The Bertz CT molecular complexity index is 1390. The highest BCUT2D eigenvalue weighted by Crippen LogP contribution is 2.35. The molecule has 1 atom stereocenters. The maximum atomic E-state index is 13.9. The van der Waals surface area contributed by atoms with Gasteiger partial charge in [0, 0.05) is 18.3 Å². The molecule has 0 saturated heterocycles. The predicted molar refractivity (Wildman–Crippen MR) is 134 cm³/mol. The van der Waals surface area contributed by atoms with Crippen LogP contribution in [0.15, 0.2) is 77.4 Å². The number of benzene rings is 2. The molecule has 36 heavy (non-hydrogen) atoms. The lowest BCUT2D eigenvalue weighted by molar-refractivity contribution is -0.126.